The van der Waals surface area contributed by atoms with Crippen LogP contribution in [0.5, 0.6) is 11.5 Å². The van der Waals surface area contributed by atoms with E-state index >= 15 is 0 Å². The van der Waals surface area contributed by atoms with Gasteiger partial charge in [-0.15, -0.1) is 0 Å². The second kappa shape index (κ2) is 9.78. The lowest BCUT2D eigenvalue weighted by Gasteiger charge is -2.36. The van der Waals surface area contributed by atoms with Crippen molar-refractivity contribution in [3.63, 3.8) is 0 Å². The van der Waals surface area contributed by atoms with Gasteiger partial charge < -0.3 is 14.2 Å². The Labute approximate surface area is 179 Å². The normalized spacial score (nSPS) is 20.3. The van der Waals surface area contributed by atoms with Crippen molar-refractivity contribution < 1.29 is 22.6 Å². The first kappa shape index (κ1) is 22.6. The van der Waals surface area contributed by atoms with Gasteiger partial charge in [-0.25, -0.2) is 0 Å². The monoisotopic (exact) mass is 434 g/mol. The summed E-state index contributed by atoms with van der Waals surface area (Å²) in [5, 5.41) is 0. The molecule has 0 bridgehead atoms. The van der Waals surface area contributed by atoms with Crippen LogP contribution in [0.2, 0.25) is 0 Å². The van der Waals surface area contributed by atoms with Gasteiger partial charge in [-0.2, -0.15) is 17.0 Å². The van der Waals surface area contributed by atoms with Crippen LogP contribution < -0.4 is 9.47 Å². The summed E-state index contributed by atoms with van der Waals surface area (Å²) in [5.74, 6) is 1.19. The van der Waals surface area contributed by atoms with Crippen LogP contribution in [-0.2, 0) is 28.1 Å². The third-order valence-electron chi connectivity index (χ3n) is 4.98. The summed E-state index contributed by atoms with van der Waals surface area (Å²) >= 11 is 0. The van der Waals surface area contributed by atoms with Gasteiger partial charge >= 0.3 is 0 Å². The van der Waals surface area contributed by atoms with Gasteiger partial charge in [-0.05, 0) is 37.1 Å². The lowest BCUT2D eigenvalue weighted by molar-refractivity contribution is -0.0453. The van der Waals surface area contributed by atoms with Gasteiger partial charge in [0.1, 0.15) is 6.61 Å². The molecule has 0 spiro atoms. The average molecular weight is 435 g/mol. The summed E-state index contributed by atoms with van der Waals surface area (Å²) < 4.78 is 45.8. The minimum absolute atomic E-state index is 0.127. The minimum atomic E-state index is -3.59. The molecule has 7 nitrogen and oxygen atoms in total. The van der Waals surface area contributed by atoms with E-state index in [1.807, 2.05) is 62.4 Å². The predicted molar refractivity (Wildman–Crippen MR) is 116 cm³/mol. The summed E-state index contributed by atoms with van der Waals surface area (Å²) in [7, 11) is -0.423. The highest BCUT2D eigenvalue weighted by atomic mass is 32.2. The summed E-state index contributed by atoms with van der Waals surface area (Å²) in [5.41, 5.74) is 1.88. The second-order valence-electron chi connectivity index (χ2n) is 7.60. The summed E-state index contributed by atoms with van der Waals surface area (Å²) in [6.07, 6.45) is -0.254. The van der Waals surface area contributed by atoms with Gasteiger partial charge in [-0.1, -0.05) is 36.4 Å². The Balaban J connectivity index is 1.68. The number of rotatable bonds is 8. The van der Waals surface area contributed by atoms with Gasteiger partial charge in [0, 0.05) is 26.7 Å². The van der Waals surface area contributed by atoms with Crippen LogP contribution in [0, 0.1) is 0 Å². The number of ether oxygens (including phenoxy) is 3. The minimum Gasteiger partial charge on any atom is -0.493 e. The van der Waals surface area contributed by atoms with E-state index in [1.54, 1.807) is 14.2 Å². The number of nitrogens with zero attached hydrogens (tertiary/aromatic N) is 2. The fourth-order valence-corrected chi connectivity index (χ4v) is 5.02. The van der Waals surface area contributed by atoms with Gasteiger partial charge in [0.05, 0.1) is 19.3 Å². The molecule has 0 N–H and O–H groups in total. The van der Waals surface area contributed by atoms with Gasteiger partial charge in [0.25, 0.3) is 10.2 Å². The Morgan fingerprint density at radius 1 is 1.03 bits per heavy atom. The highest BCUT2D eigenvalue weighted by Crippen LogP contribution is 2.30. The SMILES string of the molecule is COc1cc(CN(C)S(=O)(=O)N2C[C@@H](C)O[C@@H](C)C2)ccc1OCc1ccccc1. The van der Waals surface area contributed by atoms with E-state index in [4.69, 9.17) is 14.2 Å². The number of hydrogen-bond acceptors (Lipinski definition) is 5. The number of hydrogen-bond donors (Lipinski definition) is 0. The molecule has 8 heteroatoms. The van der Waals surface area contributed by atoms with E-state index in [0.29, 0.717) is 31.2 Å². The average Bonchev–Trinajstić information content (AvgIpc) is 2.72. The van der Waals surface area contributed by atoms with Crippen molar-refractivity contribution in [1.29, 1.82) is 0 Å². The van der Waals surface area contributed by atoms with Gasteiger partial charge in [-0.3, -0.25) is 0 Å². The van der Waals surface area contributed by atoms with Crippen molar-refractivity contribution in [1.82, 2.24) is 8.61 Å². The predicted octanol–water partition coefficient (Wildman–Crippen LogP) is 3.06. The fraction of sp³-hybridized carbons (Fsp3) is 0.455. The van der Waals surface area contributed by atoms with Gasteiger partial charge in [0.15, 0.2) is 11.5 Å². The fourth-order valence-electron chi connectivity index (χ4n) is 3.52. The first-order valence-corrected chi connectivity index (χ1v) is 11.4. The van der Waals surface area contributed by atoms with Crippen LogP contribution >= 0.6 is 0 Å². The molecule has 1 aliphatic heterocycles. The maximum absolute atomic E-state index is 13.0. The highest BCUT2D eigenvalue weighted by Gasteiger charge is 2.33. The van der Waals surface area contributed by atoms with Crippen LogP contribution in [0.3, 0.4) is 0 Å². The van der Waals surface area contributed by atoms with E-state index in [-0.39, 0.29) is 18.8 Å². The van der Waals surface area contributed by atoms with E-state index < -0.39 is 10.2 Å². The van der Waals surface area contributed by atoms with Crippen molar-refractivity contribution in [3.8, 4) is 11.5 Å². The Kier molecular flexibility index (Phi) is 7.36. The van der Waals surface area contributed by atoms with E-state index in [9.17, 15) is 8.42 Å². The van der Waals surface area contributed by atoms with Crippen molar-refractivity contribution in [3.05, 3.63) is 59.7 Å². The molecule has 2 atom stereocenters. The lowest BCUT2D eigenvalue weighted by atomic mass is 10.2. The first-order chi connectivity index (χ1) is 14.3. The largest absolute Gasteiger partial charge is 0.493 e. The van der Waals surface area contributed by atoms with Gasteiger partial charge in [0.2, 0.25) is 0 Å². The van der Waals surface area contributed by atoms with Crippen LogP contribution in [-0.4, -0.2) is 56.5 Å². The Hall–Kier alpha value is -2.13. The van der Waals surface area contributed by atoms with Crippen LogP contribution in [0.25, 0.3) is 0 Å². The molecule has 0 radical (unpaired) electrons. The molecule has 30 heavy (non-hydrogen) atoms. The third-order valence-corrected chi connectivity index (χ3v) is 6.84. The topological polar surface area (TPSA) is 68.3 Å². The maximum Gasteiger partial charge on any atom is 0.282 e. The highest BCUT2D eigenvalue weighted by molar-refractivity contribution is 7.86. The molecule has 0 aromatic heterocycles. The maximum atomic E-state index is 13.0. The molecule has 3 rings (SSSR count). The summed E-state index contributed by atoms with van der Waals surface area (Å²) in [6.45, 7) is 5.14. The molecular weight excluding hydrogens is 404 g/mol. The molecule has 1 aliphatic rings. The van der Waals surface area contributed by atoms with E-state index in [2.05, 4.69) is 0 Å². The molecule has 0 unspecified atom stereocenters. The summed E-state index contributed by atoms with van der Waals surface area (Å²) in [6, 6.07) is 15.4. The Morgan fingerprint density at radius 2 is 1.70 bits per heavy atom. The molecule has 0 saturated carbocycles. The van der Waals surface area contributed by atoms with Crippen molar-refractivity contribution in [2.75, 3.05) is 27.2 Å². The third kappa shape index (κ3) is 5.51. The number of methoxy groups -OCH3 is 1. The first-order valence-electron chi connectivity index (χ1n) is 10.00. The smallest absolute Gasteiger partial charge is 0.282 e. The number of benzene rings is 2. The zero-order valence-electron chi connectivity index (χ0n) is 17.9. The molecular formula is C22H30N2O5S. The van der Waals surface area contributed by atoms with Crippen molar-refractivity contribution >= 4 is 10.2 Å². The Bertz CT molecular complexity index is 926. The quantitative estimate of drug-likeness (QED) is 0.639. The summed E-state index contributed by atoms with van der Waals surface area (Å²) in [4.78, 5) is 0. The van der Waals surface area contributed by atoms with E-state index in [1.165, 1.54) is 8.61 Å². The zero-order valence-corrected chi connectivity index (χ0v) is 18.8. The molecule has 1 saturated heterocycles. The molecule has 2 aromatic rings. The van der Waals surface area contributed by atoms with Crippen LogP contribution in [0.15, 0.2) is 48.5 Å². The van der Waals surface area contributed by atoms with Crippen LogP contribution in [0.1, 0.15) is 25.0 Å². The van der Waals surface area contributed by atoms with E-state index in [0.717, 1.165) is 11.1 Å². The molecule has 0 aliphatic carbocycles. The second-order valence-corrected chi connectivity index (χ2v) is 9.63. The molecule has 2 aromatic carbocycles. The molecule has 0 amide bonds. The van der Waals surface area contributed by atoms with Crippen molar-refractivity contribution in [2.24, 2.45) is 0 Å². The number of morpholine rings is 1. The standard InChI is InChI=1S/C22H30N2O5S/c1-17-13-24(14-18(2)29-17)30(25,26)23(3)15-20-10-11-21(22(12-20)27-4)28-16-19-8-6-5-7-9-19/h5-12,17-18H,13-16H2,1-4H3/t17-,18+. The Morgan fingerprint density at radius 3 is 2.33 bits per heavy atom. The van der Waals surface area contributed by atoms with Crippen molar-refractivity contribution in [2.45, 2.75) is 39.2 Å². The molecule has 1 heterocycles. The molecule has 164 valence electrons. The molecule has 1 fully saturated rings. The zero-order chi connectivity index (χ0) is 21.7. The lowest BCUT2D eigenvalue weighted by Crippen LogP contribution is -2.52. The van der Waals surface area contributed by atoms with Crippen LogP contribution in [0.4, 0.5) is 0 Å².